The van der Waals surface area contributed by atoms with Crippen LogP contribution in [0, 0.1) is 0 Å². The number of esters is 1. The summed E-state index contributed by atoms with van der Waals surface area (Å²) in [5, 5.41) is 0. The molecule has 0 unspecified atom stereocenters. The predicted molar refractivity (Wildman–Crippen MR) is 99.1 cm³/mol. The molecule has 134 valence electrons. The number of ether oxygens (including phenoxy) is 1. The molecule has 2 rings (SSSR count). The van der Waals surface area contributed by atoms with E-state index in [1.165, 1.54) is 7.11 Å². The Labute approximate surface area is 148 Å². The Bertz CT molecular complexity index is 770. The van der Waals surface area contributed by atoms with Crippen LogP contribution in [0.25, 0.3) is 0 Å². The van der Waals surface area contributed by atoms with Crippen LogP contribution < -0.4 is 20.1 Å². The van der Waals surface area contributed by atoms with Gasteiger partial charge in [-0.05, 0) is 17.7 Å². The van der Waals surface area contributed by atoms with E-state index >= 15 is 0 Å². The lowest BCUT2D eigenvalue weighted by atomic mass is 10.1. The second-order valence-corrected chi connectivity index (χ2v) is 6.31. The molecule has 1 aromatic heterocycles. The zero-order valence-electron chi connectivity index (χ0n) is 15.7. The summed E-state index contributed by atoms with van der Waals surface area (Å²) in [6.07, 6.45) is 0.625. The van der Waals surface area contributed by atoms with Gasteiger partial charge >= 0.3 is 5.97 Å². The highest BCUT2D eigenvalue weighted by molar-refractivity contribution is 5.99. The Hall–Kier alpha value is -2.83. The molecular weight excluding hydrogens is 318 g/mol. The molecule has 25 heavy (non-hydrogen) atoms. The predicted octanol–water partition coefficient (Wildman–Crippen LogP) is 0.998. The van der Waals surface area contributed by atoms with Gasteiger partial charge in [0.15, 0.2) is 5.56 Å². The summed E-state index contributed by atoms with van der Waals surface area (Å²) in [4.78, 5) is 20.8. The number of aromatic nitrogens is 2. The SMILES string of the molecule is COC(=O)c1c(N(C)C)nc(Cc2ccc(N)cc2)[n+](C)c1N(C)C. The summed E-state index contributed by atoms with van der Waals surface area (Å²) < 4.78 is 6.91. The van der Waals surface area contributed by atoms with Crippen molar-refractivity contribution in [2.75, 3.05) is 50.8 Å². The van der Waals surface area contributed by atoms with E-state index in [9.17, 15) is 4.79 Å². The van der Waals surface area contributed by atoms with Gasteiger partial charge in [0.2, 0.25) is 17.5 Å². The fraction of sp³-hybridized carbons (Fsp3) is 0.389. The first-order valence-electron chi connectivity index (χ1n) is 7.96. The first kappa shape index (κ1) is 18.5. The molecule has 0 aliphatic heterocycles. The van der Waals surface area contributed by atoms with Gasteiger partial charge in [-0.2, -0.15) is 0 Å². The third-order valence-electron chi connectivity index (χ3n) is 3.97. The lowest BCUT2D eigenvalue weighted by Gasteiger charge is -2.20. The Morgan fingerprint density at radius 2 is 1.76 bits per heavy atom. The van der Waals surface area contributed by atoms with Gasteiger partial charge in [0.05, 0.1) is 34.7 Å². The van der Waals surface area contributed by atoms with E-state index < -0.39 is 5.97 Å². The van der Waals surface area contributed by atoms with E-state index in [4.69, 9.17) is 15.5 Å². The van der Waals surface area contributed by atoms with Crippen LogP contribution in [0.5, 0.6) is 0 Å². The molecule has 0 spiro atoms. The quantitative estimate of drug-likeness (QED) is 0.495. The third kappa shape index (κ3) is 3.81. The van der Waals surface area contributed by atoms with Crippen molar-refractivity contribution in [1.29, 1.82) is 0 Å². The Morgan fingerprint density at radius 1 is 1.16 bits per heavy atom. The molecule has 0 radical (unpaired) electrons. The lowest BCUT2D eigenvalue weighted by Crippen LogP contribution is -2.44. The summed E-state index contributed by atoms with van der Waals surface area (Å²) in [5.74, 6) is 1.76. The van der Waals surface area contributed by atoms with Crippen LogP contribution in [0.3, 0.4) is 0 Å². The van der Waals surface area contributed by atoms with E-state index in [2.05, 4.69) is 0 Å². The number of anilines is 3. The van der Waals surface area contributed by atoms with Crippen LogP contribution in [-0.2, 0) is 18.2 Å². The molecule has 2 aromatic rings. The summed E-state index contributed by atoms with van der Waals surface area (Å²) in [6.45, 7) is 0. The minimum atomic E-state index is -0.408. The second-order valence-electron chi connectivity index (χ2n) is 6.31. The van der Waals surface area contributed by atoms with Crippen LogP contribution in [0.15, 0.2) is 24.3 Å². The van der Waals surface area contributed by atoms with Crippen molar-refractivity contribution in [3.05, 3.63) is 41.2 Å². The molecule has 0 saturated heterocycles. The fourth-order valence-electron chi connectivity index (χ4n) is 2.75. The molecule has 0 bridgehead atoms. The molecule has 0 saturated carbocycles. The minimum Gasteiger partial charge on any atom is -0.465 e. The number of nitrogen functional groups attached to an aromatic ring is 1. The Morgan fingerprint density at radius 3 is 2.24 bits per heavy atom. The molecule has 0 aliphatic rings. The van der Waals surface area contributed by atoms with Crippen LogP contribution in [-0.4, -0.2) is 46.3 Å². The highest BCUT2D eigenvalue weighted by Gasteiger charge is 2.31. The normalized spacial score (nSPS) is 10.5. The molecule has 7 heteroatoms. The number of hydrogen-bond donors (Lipinski definition) is 1. The number of carbonyl (C=O) groups excluding carboxylic acids is 1. The van der Waals surface area contributed by atoms with Gasteiger partial charge in [-0.3, -0.25) is 4.90 Å². The van der Waals surface area contributed by atoms with Crippen molar-refractivity contribution in [3.63, 3.8) is 0 Å². The monoisotopic (exact) mass is 344 g/mol. The third-order valence-corrected chi connectivity index (χ3v) is 3.97. The first-order chi connectivity index (χ1) is 11.8. The highest BCUT2D eigenvalue weighted by atomic mass is 16.5. The number of methoxy groups -OCH3 is 1. The fourth-order valence-corrected chi connectivity index (χ4v) is 2.75. The minimum absolute atomic E-state index is 0.408. The number of rotatable bonds is 5. The molecule has 1 heterocycles. The van der Waals surface area contributed by atoms with E-state index in [0.717, 1.165) is 22.9 Å². The molecule has 7 nitrogen and oxygen atoms in total. The number of nitrogens with zero attached hydrogens (tertiary/aromatic N) is 4. The molecule has 0 aliphatic carbocycles. The van der Waals surface area contributed by atoms with E-state index in [0.29, 0.717) is 17.8 Å². The average Bonchev–Trinajstić information content (AvgIpc) is 2.56. The zero-order chi connectivity index (χ0) is 18.7. The van der Waals surface area contributed by atoms with Gasteiger partial charge in [0.25, 0.3) is 0 Å². The smallest absolute Gasteiger partial charge is 0.350 e. The van der Waals surface area contributed by atoms with Gasteiger partial charge in [-0.25, -0.2) is 9.36 Å². The Balaban J connectivity index is 2.65. The van der Waals surface area contributed by atoms with Crippen LogP contribution in [0.4, 0.5) is 17.3 Å². The van der Waals surface area contributed by atoms with Crippen molar-refractivity contribution in [1.82, 2.24) is 4.98 Å². The first-order valence-corrected chi connectivity index (χ1v) is 7.96. The second kappa shape index (κ2) is 7.38. The summed E-state index contributed by atoms with van der Waals surface area (Å²) in [6, 6.07) is 7.71. The van der Waals surface area contributed by atoms with Crippen molar-refractivity contribution in [2.45, 2.75) is 6.42 Å². The van der Waals surface area contributed by atoms with E-state index in [1.54, 1.807) is 0 Å². The summed E-state index contributed by atoms with van der Waals surface area (Å²) in [7, 11) is 10.8. The number of nitrogens with two attached hydrogens (primary N) is 1. The Kier molecular flexibility index (Phi) is 5.46. The highest BCUT2D eigenvalue weighted by Crippen LogP contribution is 2.25. The van der Waals surface area contributed by atoms with Crippen molar-refractivity contribution >= 4 is 23.3 Å². The molecule has 1 aromatic carbocycles. The van der Waals surface area contributed by atoms with Crippen molar-refractivity contribution in [2.24, 2.45) is 7.05 Å². The van der Waals surface area contributed by atoms with Gasteiger partial charge in [-0.1, -0.05) is 17.1 Å². The molecule has 0 fully saturated rings. The lowest BCUT2D eigenvalue weighted by molar-refractivity contribution is -0.669. The van der Waals surface area contributed by atoms with Gasteiger partial charge in [0, 0.05) is 19.8 Å². The maximum atomic E-state index is 12.4. The maximum absolute atomic E-state index is 12.4. The molecule has 0 atom stereocenters. The molecular formula is C18H26N5O2+. The number of hydrogen-bond acceptors (Lipinski definition) is 6. The topological polar surface area (TPSA) is 75.6 Å². The van der Waals surface area contributed by atoms with Crippen molar-refractivity contribution in [3.8, 4) is 0 Å². The van der Waals surface area contributed by atoms with Crippen LogP contribution >= 0.6 is 0 Å². The summed E-state index contributed by atoms with van der Waals surface area (Å²) >= 11 is 0. The number of benzene rings is 1. The van der Waals surface area contributed by atoms with Crippen LogP contribution in [0.2, 0.25) is 0 Å². The van der Waals surface area contributed by atoms with Gasteiger partial charge < -0.3 is 15.4 Å². The van der Waals surface area contributed by atoms with Crippen molar-refractivity contribution < 1.29 is 14.1 Å². The van der Waals surface area contributed by atoms with E-state index in [1.807, 2.05) is 73.9 Å². The van der Waals surface area contributed by atoms with Gasteiger partial charge in [0.1, 0.15) is 0 Å². The number of carbonyl (C=O) groups is 1. The summed E-state index contributed by atoms with van der Waals surface area (Å²) in [5.41, 5.74) is 8.03. The standard InChI is InChI=1S/C18H26N5O2/c1-21(2)16-15(18(24)25-6)17(22(3)4)23(5)14(20-16)11-12-7-9-13(19)10-8-12/h7-10H,11,19H2,1-6H3/q+1. The van der Waals surface area contributed by atoms with Gasteiger partial charge in [-0.15, -0.1) is 0 Å². The maximum Gasteiger partial charge on any atom is 0.350 e. The molecule has 2 N–H and O–H groups in total. The molecule has 0 amide bonds. The average molecular weight is 344 g/mol. The van der Waals surface area contributed by atoms with Crippen LogP contribution in [0.1, 0.15) is 21.7 Å². The zero-order valence-corrected chi connectivity index (χ0v) is 15.7. The largest absolute Gasteiger partial charge is 0.465 e. The van der Waals surface area contributed by atoms with E-state index in [-0.39, 0.29) is 0 Å².